The Labute approximate surface area is 93.4 Å². The van der Waals surface area contributed by atoms with Crippen LogP contribution in [0.15, 0.2) is 17.2 Å². The molecule has 1 aliphatic carbocycles. The van der Waals surface area contributed by atoms with Crippen LogP contribution in [0.2, 0.25) is 0 Å². The Morgan fingerprint density at radius 2 is 1.83 bits per heavy atom. The maximum Gasteiger partial charge on any atom is 0 e. The van der Waals surface area contributed by atoms with E-state index in [1.165, 1.54) is 11.1 Å². The maximum atomic E-state index is 3.41. The molecule has 0 N–H and O–H groups in total. The van der Waals surface area contributed by atoms with E-state index in [1.807, 2.05) is 0 Å². The number of rotatable bonds is 2. The molecule has 12 heavy (non-hydrogen) atoms. The van der Waals surface area contributed by atoms with Crippen molar-refractivity contribution >= 4 is 0 Å². The third-order valence-corrected chi connectivity index (χ3v) is 2.12. The summed E-state index contributed by atoms with van der Waals surface area (Å²) in [4.78, 5) is 0. The van der Waals surface area contributed by atoms with E-state index in [0.717, 1.165) is 6.42 Å². The van der Waals surface area contributed by atoms with Crippen LogP contribution in [0, 0.1) is 17.9 Å². The van der Waals surface area contributed by atoms with E-state index in [9.17, 15) is 0 Å². The molecule has 0 aliphatic heterocycles. The average molecular weight is 247 g/mol. The van der Waals surface area contributed by atoms with Gasteiger partial charge in [0.25, 0.3) is 0 Å². The Bertz CT molecular complexity index is 183. The molecule has 0 fully saturated rings. The van der Waals surface area contributed by atoms with Crippen molar-refractivity contribution in [2.45, 2.75) is 34.1 Å². The van der Waals surface area contributed by atoms with Gasteiger partial charge in [0.05, 0.1) is 0 Å². The van der Waals surface area contributed by atoms with Crippen LogP contribution in [-0.4, -0.2) is 0 Å². The van der Waals surface area contributed by atoms with Crippen molar-refractivity contribution < 1.29 is 23.9 Å². The summed E-state index contributed by atoms with van der Waals surface area (Å²) in [6.45, 7) is 8.98. The standard InChI is InChI=1S/C11H17.Mo.2H/c1-8(2)10-6-5-7-11(10)9(3)4;;;/h6,8-9H,5H2,1-4H3;;;/q-1;;2*-1. The van der Waals surface area contributed by atoms with Crippen molar-refractivity contribution in [3.8, 4) is 0 Å². The molecule has 0 atom stereocenters. The molecule has 0 bridgehead atoms. The smallest absolute Gasteiger partial charge is 0 e. The molecule has 72 valence electrons. The van der Waals surface area contributed by atoms with E-state index >= 15 is 0 Å². The number of hydrogen-bond acceptors (Lipinski definition) is 0. The molecule has 1 rings (SSSR count). The van der Waals surface area contributed by atoms with Crippen molar-refractivity contribution in [2.24, 2.45) is 11.8 Å². The monoisotopic (exact) mass is 249 g/mol. The first kappa shape index (κ1) is 12.2. The molecule has 1 heteroatoms. The molecule has 1 aliphatic rings. The normalized spacial score (nSPS) is 16.2. The summed E-state index contributed by atoms with van der Waals surface area (Å²) in [5, 5.41) is 0. The average Bonchev–Trinajstić information content (AvgIpc) is 2.32. The summed E-state index contributed by atoms with van der Waals surface area (Å²) in [6, 6.07) is 0. The predicted octanol–water partition coefficient (Wildman–Crippen LogP) is 3.58. The minimum Gasteiger partial charge on any atom is -1.00 e. The summed E-state index contributed by atoms with van der Waals surface area (Å²) in [7, 11) is 0. The van der Waals surface area contributed by atoms with Crippen LogP contribution < -0.4 is 0 Å². The Morgan fingerprint density at radius 1 is 1.25 bits per heavy atom. The SMILES string of the molecule is CC(C)C1=[C-]CC=C1C(C)C.[H-].[H-].[Mo]. The first-order valence-corrected chi connectivity index (χ1v) is 4.44. The van der Waals surface area contributed by atoms with Crippen LogP contribution in [0.25, 0.3) is 0 Å². The molecular weight excluding hydrogens is 228 g/mol. The summed E-state index contributed by atoms with van der Waals surface area (Å²) in [5.74, 6) is 1.31. The first-order chi connectivity index (χ1) is 5.13. The fourth-order valence-electron chi connectivity index (χ4n) is 1.57. The number of allylic oxidation sites excluding steroid dienone is 4. The van der Waals surface area contributed by atoms with Gasteiger partial charge in [-0.05, 0) is 0 Å². The van der Waals surface area contributed by atoms with Crippen molar-refractivity contribution in [1.29, 1.82) is 0 Å². The van der Waals surface area contributed by atoms with Gasteiger partial charge in [0, 0.05) is 21.1 Å². The van der Waals surface area contributed by atoms with Crippen molar-refractivity contribution in [1.82, 2.24) is 0 Å². The van der Waals surface area contributed by atoms with Crippen LogP contribution in [0.1, 0.15) is 37.0 Å². The van der Waals surface area contributed by atoms with Crippen molar-refractivity contribution in [3.05, 3.63) is 23.3 Å². The van der Waals surface area contributed by atoms with Gasteiger partial charge in [0.1, 0.15) is 0 Å². The summed E-state index contributed by atoms with van der Waals surface area (Å²) >= 11 is 0. The van der Waals surface area contributed by atoms with E-state index < -0.39 is 0 Å². The van der Waals surface area contributed by atoms with Gasteiger partial charge in [-0.15, -0.1) is 6.42 Å². The zero-order valence-electron chi connectivity index (χ0n) is 10.3. The van der Waals surface area contributed by atoms with Crippen LogP contribution in [-0.2, 0) is 21.1 Å². The van der Waals surface area contributed by atoms with Gasteiger partial charge in [-0.3, -0.25) is 6.08 Å². The van der Waals surface area contributed by atoms with Crippen molar-refractivity contribution in [2.75, 3.05) is 0 Å². The molecule has 0 unspecified atom stereocenters. The first-order valence-electron chi connectivity index (χ1n) is 4.44. The largest absolute Gasteiger partial charge is 1.00 e. The topological polar surface area (TPSA) is 0 Å². The molecule has 0 aromatic rings. The molecular formula is C11H19Mo-3. The van der Waals surface area contributed by atoms with E-state index in [1.54, 1.807) is 0 Å². The molecule has 0 aromatic heterocycles. The van der Waals surface area contributed by atoms with Crippen LogP contribution in [0.4, 0.5) is 0 Å². The molecule has 0 amide bonds. The minimum atomic E-state index is 0. The Kier molecular flexibility index (Phi) is 5.09. The maximum absolute atomic E-state index is 3.41. The molecule has 0 saturated heterocycles. The quantitative estimate of drug-likeness (QED) is 0.517. The molecule has 0 spiro atoms. The Balaban J connectivity index is -0.000000403. The van der Waals surface area contributed by atoms with Gasteiger partial charge in [0.2, 0.25) is 0 Å². The summed E-state index contributed by atoms with van der Waals surface area (Å²) in [5.41, 5.74) is 2.96. The molecule has 0 aromatic carbocycles. The second-order valence-corrected chi connectivity index (χ2v) is 3.76. The van der Waals surface area contributed by atoms with Gasteiger partial charge >= 0.3 is 0 Å². The molecule has 0 saturated carbocycles. The van der Waals surface area contributed by atoms with Crippen LogP contribution >= 0.6 is 0 Å². The third-order valence-electron chi connectivity index (χ3n) is 2.12. The predicted molar refractivity (Wildman–Crippen MR) is 51.4 cm³/mol. The number of hydrogen-bond donors (Lipinski definition) is 0. The summed E-state index contributed by atoms with van der Waals surface area (Å²) < 4.78 is 0. The second-order valence-electron chi connectivity index (χ2n) is 3.76. The second kappa shape index (κ2) is 5.02. The van der Waals surface area contributed by atoms with Gasteiger partial charge in [0.15, 0.2) is 0 Å². The third kappa shape index (κ3) is 2.59. The minimum absolute atomic E-state index is 0. The van der Waals surface area contributed by atoms with E-state index in [2.05, 4.69) is 39.8 Å². The Hall–Kier alpha value is 0.168. The zero-order chi connectivity index (χ0) is 8.43. The molecule has 0 heterocycles. The van der Waals surface area contributed by atoms with Gasteiger partial charge in [-0.1, -0.05) is 39.5 Å². The van der Waals surface area contributed by atoms with Gasteiger partial charge in [-0.2, -0.15) is 11.6 Å². The molecule has 0 nitrogen and oxygen atoms in total. The van der Waals surface area contributed by atoms with E-state index in [4.69, 9.17) is 0 Å². The van der Waals surface area contributed by atoms with E-state index in [0.29, 0.717) is 11.8 Å². The fraction of sp³-hybridized carbons (Fsp3) is 0.636. The van der Waals surface area contributed by atoms with Gasteiger partial charge in [-0.25, -0.2) is 5.57 Å². The molecule has 0 radical (unpaired) electrons. The summed E-state index contributed by atoms with van der Waals surface area (Å²) in [6.07, 6.45) is 6.75. The van der Waals surface area contributed by atoms with Crippen molar-refractivity contribution in [3.63, 3.8) is 0 Å². The van der Waals surface area contributed by atoms with Crippen LogP contribution in [0.3, 0.4) is 0 Å². The zero-order valence-corrected chi connectivity index (χ0v) is 10.4. The van der Waals surface area contributed by atoms with E-state index in [-0.39, 0.29) is 23.9 Å². The Morgan fingerprint density at radius 3 is 2.17 bits per heavy atom. The fourth-order valence-corrected chi connectivity index (χ4v) is 1.57. The van der Waals surface area contributed by atoms with Gasteiger partial charge < -0.3 is 2.85 Å². The van der Waals surface area contributed by atoms with Crippen LogP contribution in [0.5, 0.6) is 0 Å².